The average Bonchev–Trinajstić information content (AvgIpc) is 3.35. The molecule has 1 atom stereocenters. The monoisotopic (exact) mass is 395 g/mol. The zero-order chi connectivity index (χ0) is 20.7. The highest BCUT2D eigenvalue weighted by Gasteiger charge is 2.40. The molecule has 1 N–H and O–H groups in total. The molecule has 1 aromatic heterocycles. The number of carbonyl (C=O) groups is 1. The topological polar surface area (TPSA) is 58.2 Å². The van der Waals surface area contributed by atoms with E-state index < -0.39 is 0 Å². The van der Waals surface area contributed by atoms with Crippen molar-refractivity contribution in [3.8, 4) is 11.1 Å². The van der Waals surface area contributed by atoms with E-state index in [2.05, 4.69) is 46.4 Å². The molecule has 1 aliphatic heterocycles. The summed E-state index contributed by atoms with van der Waals surface area (Å²) in [4.78, 5) is 22.4. The maximum Gasteiger partial charge on any atom is 0.294 e. The lowest BCUT2D eigenvalue weighted by Crippen LogP contribution is -2.30. The van der Waals surface area contributed by atoms with E-state index in [0.717, 1.165) is 39.0 Å². The molecule has 1 aliphatic rings. The maximum atomic E-state index is 13.2. The van der Waals surface area contributed by atoms with Gasteiger partial charge in [-0.25, -0.2) is 4.98 Å². The lowest BCUT2D eigenvalue weighted by molar-refractivity contribution is -0.117. The minimum Gasteiger partial charge on any atom is -0.491 e. The SMILES string of the molecule is COC1=C(C)C(c2ccc(-c3ccccc3)cc2)N(c2ccc3nc[nH]c3c2)C1=O. The van der Waals surface area contributed by atoms with Crippen molar-refractivity contribution in [1.29, 1.82) is 0 Å². The van der Waals surface area contributed by atoms with Gasteiger partial charge in [0.2, 0.25) is 0 Å². The number of carbonyl (C=O) groups excluding carboxylic acids is 1. The maximum absolute atomic E-state index is 13.2. The van der Waals surface area contributed by atoms with Crippen LogP contribution in [0.5, 0.6) is 0 Å². The first-order valence-electron chi connectivity index (χ1n) is 9.84. The van der Waals surface area contributed by atoms with Crippen LogP contribution in [-0.2, 0) is 9.53 Å². The van der Waals surface area contributed by atoms with Crippen molar-refractivity contribution in [2.24, 2.45) is 0 Å². The summed E-state index contributed by atoms with van der Waals surface area (Å²) in [5.74, 6) is 0.267. The van der Waals surface area contributed by atoms with E-state index in [9.17, 15) is 4.79 Å². The lowest BCUT2D eigenvalue weighted by Gasteiger charge is -2.26. The first kappa shape index (κ1) is 18.2. The summed E-state index contributed by atoms with van der Waals surface area (Å²) in [6.45, 7) is 1.96. The number of amides is 1. The average molecular weight is 395 g/mol. The Labute approximate surface area is 174 Å². The van der Waals surface area contributed by atoms with Crippen molar-refractivity contribution in [2.45, 2.75) is 13.0 Å². The van der Waals surface area contributed by atoms with Crippen molar-refractivity contribution in [1.82, 2.24) is 9.97 Å². The molecule has 5 heteroatoms. The zero-order valence-electron chi connectivity index (χ0n) is 16.8. The molecule has 0 bridgehead atoms. The molecule has 3 aromatic carbocycles. The Morgan fingerprint density at radius 2 is 1.70 bits per heavy atom. The number of H-pyrrole nitrogens is 1. The van der Waals surface area contributed by atoms with Gasteiger partial charge in [-0.15, -0.1) is 0 Å². The Morgan fingerprint density at radius 1 is 0.967 bits per heavy atom. The predicted molar refractivity (Wildman–Crippen MR) is 118 cm³/mol. The number of fused-ring (bicyclic) bond motifs is 1. The molecule has 4 aromatic rings. The fraction of sp³-hybridized carbons (Fsp3) is 0.120. The number of hydrogen-bond donors (Lipinski definition) is 1. The van der Waals surface area contributed by atoms with Crippen LogP contribution in [0.15, 0.2) is 90.5 Å². The molecule has 0 radical (unpaired) electrons. The van der Waals surface area contributed by atoms with Crippen LogP contribution in [0.3, 0.4) is 0 Å². The number of nitrogens with zero attached hydrogens (tertiary/aromatic N) is 2. The second-order valence-electron chi connectivity index (χ2n) is 7.39. The lowest BCUT2D eigenvalue weighted by atomic mass is 9.97. The summed E-state index contributed by atoms with van der Waals surface area (Å²) in [7, 11) is 1.55. The van der Waals surface area contributed by atoms with Crippen LogP contribution in [0.4, 0.5) is 5.69 Å². The number of anilines is 1. The Bertz CT molecular complexity index is 1260. The van der Waals surface area contributed by atoms with Gasteiger partial charge in [0.05, 0.1) is 30.5 Å². The van der Waals surface area contributed by atoms with E-state index in [0.29, 0.717) is 5.76 Å². The molecule has 0 fully saturated rings. The number of hydrogen-bond acceptors (Lipinski definition) is 3. The quantitative estimate of drug-likeness (QED) is 0.514. The molecule has 5 nitrogen and oxygen atoms in total. The summed E-state index contributed by atoms with van der Waals surface area (Å²) in [6.07, 6.45) is 1.66. The molecular formula is C25H21N3O2. The van der Waals surface area contributed by atoms with E-state index >= 15 is 0 Å². The second kappa shape index (κ2) is 7.19. The Hall–Kier alpha value is -3.86. The predicted octanol–water partition coefficient (Wildman–Crippen LogP) is 5.24. The van der Waals surface area contributed by atoms with Crippen LogP contribution in [0.25, 0.3) is 22.2 Å². The van der Waals surface area contributed by atoms with Crippen molar-refractivity contribution in [3.05, 3.63) is 96.0 Å². The van der Waals surface area contributed by atoms with Crippen LogP contribution in [0.2, 0.25) is 0 Å². The minimum absolute atomic E-state index is 0.133. The summed E-state index contributed by atoms with van der Waals surface area (Å²) in [5.41, 5.74) is 6.81. The Balaban J connectivity index is 1.58. The van der Waals surface area contributed by atoms with Crippen LogP contribution in [-0.4, -0.2) is 23.0 Å². The summed E-state index contributed by atoms with van der Waals surface area (Å²) < 4.78 is 5.47. The molecule has 30 heavy (non-hydrogen) atoms. The fourth-order valence-corrected chi connectivity index (χ4v) is 4.19. The summed E-state index contributed by atoms with van der Waals surface area (Å²) in [6, 6.07) is 24.2. The largest absolute Gasteiger partial charge is 0.491 e. The van der Waals surface area contributed by atoms with E-state index in [1.807, 2.05) is 43.3 Å². The number of aromatic amines is 1. The van der Waals surface area contributed by atoms with Crippen molar-refractivity contribution >= 4 is 22.6 Å². The van der Waals surface area contributed by atoms with E-state index in [1.165, 1.54) is 0 Å². The van der Waals surface area contributed by atoms with Gasteiger partial charge in [-0.3, -0.25) is 9.69 Å². The van der Waals surface area contributed by atoms with Crippen molar-refractivity contribution in [3.63, 3.8) is 0 Å². The highest BCUT2D eigenvalue weighted by atomic mass is 16.5. The van der Waals surface area contributed by atoms with Gasteiger partial charge < -0.3 is 9.72 Å². The second-order valence-corrected chi connectivity index (χ2v) is 7.39. The zero-order valence-corrected chi connectivity index (χ0v) is 16.8. The molecular weight excluding hydrogens is 374 g/mol. The van der Waals surface area contributed by atoms with Gasteiger partial charge in [0, 0.05) is 11.3 Å². The standard InChI is InChI=1S/C25H21N3O2/c1-16-23(19-10-8-18(9-11-19)17-6-4-3-5-7-17)28(25(29)24(16)30-2)20-12-13-21-22(14-20)27-15-26-21/h3-15,23H,1-2H3,(H,26,27). The van der Waals surface area contributed by atoms with E-state index in [1.54, 1.807) is 18.3 Å². The normalized spacial score (nSPS) is 16.5. The number of ether oxygens (including phenoxy) is 1. The molecule has 2 heterocycles. The highest BCUT2D eigenvalue weighted by molar-refractivity contribution is 6.09. The molecule has 5 rings (SSSR count). The molecule has 0 spiro atoms. The smallest absolute Gasteiger partial charge is 0.294 e. The number of benzene rings is 3. The molecule has 1 amide bonds. The van der Waals surface area contributed by atoms with Crippen molar-refractivity contribution in [2.75, 3.05) is 12.0 Å². The number of rotatable bonds is 4. The third-order valence-electron chi connectivity index (χ3n) is 5.66. The third-order valence-corrected chi connectivity index (χ3v) is 5.66. The van der Waals surface area contributed by atoms with Gasteiger partial charge in [0.25, 0.3) is 5.91 Å². The van der Waals surface area contributed by atoms with Crippen LogP contribution in [0.1, 0.15) is 18.5 Å². The fourth-order valence-electron chi connectivity index (χ4n) is 4.19. The van der Waals surface area contributed by atoms with Gasteiger partial charge in [-0.05, 0) is 41.8 Å². The number of imidazole rings is 1. The first-order chi connectivity index (χ1) is 14.7. The summed E-state index contributed by atoms with van der Waals surface area (Å²) >= 11 is 0. The minimum atomic E-state index is -0.224. The number of nitrogens with one attached hydrogen (secondary N) is 1. The molecule has 1 unspecified atom stereocenters. The van der Waals surface area contributed by atoms with E-state index in [4.69, 9.17) is 4.74 Å². The molecule has 148 valence electrons. The number of aromatic nitrogens is 2. The van der Waals surface area contributed by atoms with Gasteiger partial charge in [0.1, 0.15) is 0 Å². The van der Waals surface area contributed by atoms with Gasteiger partial charge >= 0.3 is 0 Å². The highest BCUT2D eigenvalue weighted by Crippen LogP contribution is 2.42. The van der Waals surface area contributed by atoms with E-state index in [-0.39, 0.29) is 11.9 Å². The Kier molecular flexibility index (Phi) is 4.36. The van der Waals surface area contributed by atoms with Crippen LogP contribution in [0, 0.1) is 0 Å². The first-order valence-corrected chi connectivity index (χ1v) is 9.84. The van der Waals surface area contributed by atoms with Crippen LogP contribution >= 0.6 is 0 Å². The van der Waals surface area contributed by atoms with Gasteiger partial charge in [-0.1, -0.05) is 54.6 Å². The van der Waals surface area contributed by atoms with Gasteiger partial charge in [0.15, 0.2) is 5.76 Å². The Morgan fingerprint density at radius 3 is 2.43 bits per heavy atom. The molecule has 0 aliphatic carbocycles. The van der Waals surface area contributed by atoms with Gasteiger partial charge in [-0.2, -0.15) is 0 Å². The number of methoxy groups -OCH3 is 1. The molecule has 0 saturated carbocycles. The van der Waals surface area contributed by atoms with Crippen molar-refractivity contribution < 1.29 is 9.53 Å². The third kappa shape index (κ3) is 2.87. The summed E-state index contributed by atoms with van der Waals surface area (Å²) in [5, 5.41) is 0. The van der Waals surface area contributed by atoms with Crippen LogP contribution < -0.4 is 4.90 Å². The molecule has 0 saturated heterocycles.